The molecule has 30 heavy (non-hydrogen) atoms. The van der Waals surface area contributed by atoms with Gasteiger partial charge in [-0.25, -0.2) is 0 Å². The predicted molar refractivity (Wildman–Crippen MR) is 119 cm³/mol. The van der Waals surface area contributed by atoms with Crippen LogP contribution in [0.4, 0.5) is 0 Å². The van der Waals surface area contributed by atoms with E-state index < -0.39 is 0 Å². The number of ether oxygens (including phenoxy) is 3. The summed E-state index contributed by atoms with van der Waals surface area (Å²) in [4.78, 5) is 2.45. The van der Waals surface area contributed by atoms with Crippen molar-refractivity contribution >= 4 is 0 Å². The first-order valence-corrected chi connectivity index (χ1v) is 10.7. The Kier molecular flexibility index (Phi) is 5.43. The lowest BCUT2D eigenvalue weighted by Crippen LogP contribution is -2.35. The maximum atomic E-state index is 5.78. The molecule has 0 aromatic heterocycles. The van der Waals surface area contributed by atoms with Crippen LogP contribution in [0, 0.1) is 6.92 Å². The van der Waals surface area contributed by atoms with E-state index in [9.17, 15) is 0 Å². The lowest BCUT2D eigenvalue weighted by atomic mass is 9.92. The molecular formula is C26H27NO3. The fraction of sp³-hybridized carbons (Fsp3) is 0.308. The van der Waals surface area contributed by atoms with Crippen LogP contribution in [0.2, 0.25) is 0 Å². The van der Waals surface area contributed by atoms with E-state index >= 15 is 0 Å². The van der Waals surface area contributed by atoms with Gasteiger partial charge >= 0.3 is 0 Å². The minimum absolute atomic E-state index is 0.603. The van der Waals surface area contributed by atoms with E-state index in [1.165, 1.54) is 27.8 Å². The summed E-state index contributed by atoms with van der Waals surface area (Å²) in [6, 6.07) is 21.7. The van der Waals surface area contributed by atoms with Gasteiger partial charge in [-0.15, -0.1) is 0 Å². The number of hydrogen-bond acceptors (Lipinski definition) is 4. The Hall–Kier alpha value is -2.82. The third-order valence-corrected chi connectivity index (χ3v) is 5.96. The molecule has 1 fully saturated rings. The molecule has 0 unspecified atom stereocenters. The molecule has 4 heteroatoms. The van der Waals surface area contributed by atoms with E-state index in [-0.39, 0.29) is 0 Å². The lowest BCUT2D eigenvalue weighted by molar-refractivity contribution is 0.0342. The second-order valence-electron chi connectivity index (χ2n) is 7.92. The van der Waals surface area contributed by atoms with Gasteiger partial charge in [0.2, 0.25) is 0 Å². The highest BCUT2D eigenvalue weighted by Crippen LogP contribution is 2.37. The summed E-state index contributed by atoms with van der Waals surface area (Å²) in [6.07, 6.45) is 0. The van der Waals surface area contributed by atoms with Crippen molar-refractivity contribution in [1.82, 2.24) is 4.90 Å². The second kappa shape index (κ2) is 8.50. The Labute approximate surface area is 178 Å². The standard InChI is InChI=1S/C26H27NO3/c1-19-23(21-7-5-20(6-8-21)18-27-11-13-28-14-12-27)3-2-4-24(19)22-9-10-25-26(17-22)30-16-15-29-25/h2-10,17H,11-16,18H2,1H3. The Morgan fingerprint density at radius 2 is 1.40 bits per heavy atom. The number of rotatable bonds is 4. The van der Waals surface area contributed by atoms with Gasteiger partial charge in [-0.05, 0) is 52.4 Å². The average molecular weight is 402 g/mol. The zero-order valence-corrected chi connectivity index (χ0v) is 17.4. The zero-order chi connectivity index (χ0) is 20.3. The van der Waals surface area contributed by atoms with Crippen LogP contribution in [-0.2, 0) is 11.3 Å². The molecule has 0 saturated carbocycles. The van der Waals surface area contributed by atoms with E-state index in [1.54, 1.807) is 0 Å². The molecule has 2 aliphatic heterocycles. The zero-order valence-electron chi connectivity index (χ0n) is 17.4. The van der Waals surface area contributed by atoms with Gasteiger partial charge in [0.1, 0.15) is 13.2 Å². The van der Waals surface area contributed by atoms with Crippen molar-refractivity contribution in [2.45, 2.75) is 13.5 Å². The average Bonchev–Trinajstić information content (AvgIpc) is 2.80. The molecule has 2 heterocycles. The summed E-state index contributed by atoms with van der Waals surface area (Å²) in [5.74, 6) is 1.66. The molecule has 1 saturated heterocycles. The van der Waals surface area contributed by atoms with Crippen molar-refractivity contribution in [3.63, 3.8) is 0 Å². The monoisotopic (exact) mass is 401 g/mol. The molecule has 4 nitrogen and oxygen atoms in total. The number of morpholine rings is 1. The highest BCUT2D eigenvalue weighted by Gasteiger charge is 2.15. The summed E-state index contributed by atoms with van der Waals surface area (Å²) < 4.78 is 16.9. The van der Waals surface area contributed by atoms with E-state index in [2.05, 4.69) is 66.4 Å². The van der Waals surface area contributed by atoms with Crippen molar-refractivity contribution in [2.24, 2.45) is 0 Å². The van der Waals surface area contributed by atoms with Gasteiger partial charge in [0.15, 0.2) is 11.5 Å². The van der Waals surface area contributed by atoms with Gasteiger partial charge in [0, 0.05) is 19.6 Å². The molecule has 2 aliphatic rings. The van der Waals surface area contributed by atoms with E-state index in [1.807, 2.05) is 6.07 Å². The summed E-state index contributed by atoms with van der Waals surface area (Å²) in [7, 11) is 0. The van der Waals surface area contributed by atoms with Crippen molar-refractivity contribution < 1.29 is 14.2 Å². The van der Waals surface area contributed by atoms with Crippen molar-refractivity contribution in [1.29, 1.82) is 0 Å². The molecule has 0 atom stereocenters. The van der Waals surface area contributed by atoms with E-state index in [0.717, 1.165) is 49.9 Å². The minimum atomic E-state index is 0.603. The summed E-state index contributed by atoms with van der Waals surface area (Å²) in [5.41, 5.74) is 7.51. The minimum Gasteiger partial charge on any atom is -0.486 e. The van der Waals surface area contributed by atoms with Crippen LogP contribution in [0.5, 0.6) is 11.5 Å². The summed E-state index contributed by atoms with van der Waals surface area (Å²) in [5, 5.41) is 0. The third kappa shape index (κ3) is 3.93. The molecule has 0 amide bonds. The van der Waals surface area contributed by atoms with Crippen LogP contribution in [0.3, 0.4) is 0 Å². The highest BCUT2D eigenvalue weighted by molar-refractivity contribution is 5.79. The first-order valence-electron chi connectivity index (χ1n) is 10.7. The smallest absolute Gasteiger partial charge is 0.161 e. The maximum Gasteiger partial charge on any atom is 0.161 e. The number of fused-ring (bicyclic) bond motifs is 1. The van der Waals surface area contributed by atoms with Crippen LogP contribution < -0.4 is 9.47 Å². The largest absolute Gasteiger partial charge is 0.486 e. The van der Waals surface area contributed by atoms with Gasteiger partial charge in [-0.1, -0.05) is 48.5 Å². The van der Waals surface area contributed by atoms with E-state index in [4.69, 9.17) is 14.2 Å². The molecule has 5 rings (SSSR count). The topological polar surface area (TPSA) is 30.9 Å². The third-order valence-electron chi connectivity index (χ3n) is 5.96. The van der Waals surface area contributed by atoms with Crippen LogP contribution >= 0.6 is 0 Å². The van der Waals surface area contributed by atoms with Crippen molar-refractivity contribution in [2.75, 3.05) is 39.5 Å². The van der Waals surface area contributed by atoms with Crippen molar-refractivity contribution in [3.05, 3.63) is 71.8 Å². The van der Waals surface area contributed by atoms with Gasteiger partial charge < -0.3 is 14.2 Å². The normalized spacial score (nSPS) is 16.4. The van der Waals surface area contributed by atoms with Crippen LogP contribution in [0.1, 0.15) is 11.1 Å². The number of benzene rings is 3. The molecular weight excluding hydrogens is 374 g/mol. The quantitative estimate of drug-likeness (QED) is 0.620. The Bertz CT molecular complexity index is 1020. The second-order valence-corrected chi connectivity index (χ2v) is 7.92. The first-order chi connectivity index (χ1) is 14.8. The van der Waals surface area contributed by atoms with Crippen molar-refractivity contribution in [3.8, 4) is 33.8 Å². The number of hydrogen-bond donors (Lipinski definition) is 0. The van der Waals surface area contributed by atoms with Gasteiger partial charge in [-0.2, -0.15) is 0 Å². The molecule has 154 valence electrons. The predicted octanol–water partition coefficient (Wildman–Crippen LogP) is 4.93. The molecule has 3 aromatic carbocycles. The van der Waals surface area contributed by atoms with Crippen LogP contribution in [0.25, 0.3) is 22.3 Å². The molecule has 0 radical (unpaired) electrons. The maximum absolute atomic E-state index is 5.78. The SMILES string of the molecule is Cc1c(-c2ccc(CN3CCOCC3)cc2)cccc1-c1ccc2c(c1)OCCO2. The Morgan fingerprint density at radius 1 is 0.733 bits per heavy atom. The lowest BCUT2D eigenvalue weighted by Gasteiger charge is -2.26. The van der Waals surface area contributed by atoms with Gasteiger partial charge in [0.25, 0.3) is 0 Å². The fourth-order valence-corrected chi connectivity index (χ4v) is 4.28. The summed E-state index contributed by atoms with van der Waals surface area (Å²) in [6.45, 7) is 8.10. The van der Waals surface area contributed by atoms with Crippen LogP contribution in [-0.4, -0.2) is 44.4 Å². The molecule has 0 aliphatic carbocycles. The molecule has 0 bridgehead atoms. The van der Waals surface area contributed by atoms with Gasteiger partial charge in [-0.3, -0.25) is 4.90 Å². The van der Waals surface area contributed by atoms with E-state index in [0.29, 0.717) is 13.2 Å². The number of nitrogens with zero attached hydrogens (tertiary/aromatic N) is 1. The van der Waals surface area contributed by atoms with Gasteiger partial charge in [0.05, 0.1) is 13.2 Å². The molecule has 0 N–H and O–H groups in total. The van der Waals surface area contributed by atoms with Crippen LogP contribution in [0.15, 0.2) is 60.7 Å². The Morgan fingerprint density at radius 3 is 2.17 bits per heavy atom. The highest BCUT2D eigenvalue weighted by atomic mass is 16.6. The first kappa shape index (κ1) is 19.2. The molecule has 0 spiro atoms. The summed E-state index contributed by atoms with van der Waals surface area (Å²) >= 11 is 0. The molecule has 3 aromatic rings. The Balaban J connectivity index is 1.40. The fourth-order valence-electron chi connectivity index (χ4n) is 4.28.